The molecule has 0 amide bonds. The summed E-state index contributed by atoms with van der Waals surface area (Å²) < 4.78 is 5.03. The summed E-state index contributed by atoms with van der Waals surface area (Å²) in [5.41, 5.74) is 0. The molecule has 0 aromatic rings. The number of aliphatic hydroxyl groups is 4. The minimum Gasteiger partial charge on any atom is -0.388 e. The second-order valence-corrected chi connectivity index (χ2v) is 5.78. The first-order chi connectivity index (χ1) is 10.3. The molecule has 130 valence electrons. The van der Waals surface area contributed by atoms with Crippen molar-refractivity contribution in [3.05, 3.63) is 0 Å². The number of aliphatic hydroxyl groups excluding tert-OH is 3. The number of unbranched alkanes of at least 4 members (excludes halogenated alkanes) is 1. The zero-order valence-electron chi connectivity index (χ0n) is 13.2. The fourth-order valence-corrected chi connectivity index (χ4v) is 2.46. The average Bonchev–Trinajstić information content (AvgIpc) is 2.48. The number of Topliss-reactive ketones (excluding diaryl/α,β-unsaturated/α-hetero) is 1. The normalized spacial score (nSPS) is 33.6. The molecule has 22 heavy (non-hydrogen) atoms. The van der Waals surface area contributed by atoms with Gasteiger partial charge in [0, 0.05) is 0 Å². The van der Waals surface area contributed by atoms with E-state index in [2.05, 4.69) is 10.6 Å². The maximum absolute atomic E-state index is 11.2. The molecular weight excluding hydrogens is 292 g/mol. The van der Waals surface area contributed by atoms with Crippen molar-refractivity contribution in [2.75, 3.05) is 26.7 Å². The largest absolute Gasteiger partial charge is 0.388 e. The van der Waals surface area contributed by atoms with Crippen molar-refractivity contribution in [1.82, 2.24) is 10.6 Å². The molecule has 0 aliphatic carbocycles. The quantitative estimate of drug-likeness (QED) is 0.262. The molecule has 1 rings (SSSR count). The molecule has 1 fully saturated rings. The summed E-state index contributed by atoms with van der Waals surface area (Å²) in [4.78, 5) is 11.2. The van der Waals surface area contributed by atoms with Gasteiger partial charge in [-0.05, 0) is 33.4 Å². The minimum atomic E-state index is -1.91. The number of hydrogen-bond acceptors (Lipinski definition) is 8. The molecule has 5 unspecified atom stereocenters. The topological polar surface area (TPSA) is 131 Å². The van der Waals surface area contributed by atoms with Gasteiger partial charge in [-0.2, -0.15) is 0 Å². The lowest BCUT2D eigenvalue weighted by molar-refractivity contribution is -0.317. The number of ether oxygens (including phenoxy) is 1. The number of hydrogen-bond donors (Lipinski definition) is 6. The second kappa shape index (κ2) is 8.88. The third kappa shape index (κ3) is 5.24. The molecule has 0 aromatic carbocycles. The van der Waals surface area contributed by atoms with Crippen LogP contribution in [-0.2, 0) is 9.53 Å². The monoisotopic (exact) mass is 320 g/mol. The number of nitrogens with one attached hydrogen (secondary N) is 2. The molecule has 8 heteroatoms. The van der Waals surface area contributed by atoms with Crippen LogP contribution >= 0.6 is 0 Å². The van der Waals surface area contributed by atoms with Crippen LogP contribution in [0.25, 0.3) is 0 Å². The van der Waals surface area contributed by atoms with Crippen LogP contribution in [0.1, 0.15) is 26.2 Å². The predicted octanol–water partition coefficient (Wildman–Crippen LogP) is -2.28. The van der Waals surface area contributed by atoms with Gasteiger partial charge in [0.2, 0.25) is 5.79 Å². The Morgan fingerprint density at radius 1 is 1.36 bits per heavy atom. The van der Waals surface area contributed by atoms with E-state index in [1.165, 1.54) is 0 Å². The molecule has 0 spiro atoms. The highest BCUT2D eigenvalue weighted by atomic mass is 16.6. The van der Waals surface area contributed by atoms with Crippen LogP contribution in [-0.4, -0.2) is 83.1 Å². The number of ketones is 1. The molecule has 5 atom stereocenters. The lowest BCUT2D eigenvalue weighted by atomic mass is 9.97. The van der Waals surface area contributed by atoms with E-state index in [9.17, 15) is 25.2 Å². The van der Waals surface area contributed by atoms with Crippen molar-refractivity contribution < 1.29 is 30.0 Å². The van der Waals surface area contributed by atoms with Crippen molar-refractivity contribution >= 4 is 5.78 Å². The van der Waals surface area contributed by atoms with E-state index in [1.54, 1.807) is 14.0 Å². The van der Waals surface area contributed by atoms with E-state index >= 15 is 0 Å². The predicted molar refractivity (Wildman–Crippen MR) is 79.2 cm³/mol. The Morgan fingerprint density at radius 3 is 2.64 bits per heavy atom. The fourth-order valence-electron chi connectivity index (χ4n) is 2.46. The van der Waals surface area contributed by atoms with Crippen LogP contribution < -0.4 is 10.6 Å². The Kier molecular flexibility index (Phi) is 7.84. The SMILES string of the molecule is CNC(CCCCNCC1(O)OCC(O)C(O)C1O)C(C)=O. The minimum absolute atomic E-state index is 0.0554. The molecule has 1 heterocycles. The van der Waals surface area contributed by atoms with Crippen molar-refractivity contribution in [3.8, 4) is 0 Å². The van der Waals surface area contributed by atoms with Gasteiger partial charge >= 0.3 is 0 Å². The standard InChI is InChI=1S/C14H28N2O6/c1-9(17)10(15-2)5-3-4-6-16-8-14(21)13(20)12(19)11(18)7-22-14/h10-13,15-16,18-21H,3-8H2,1-2H3. The molecule has 8 nitrogen and oxygen atoms in total. The van der Waals surface area contributed by atoms with Crippen molar-refractivity contribution in [1.29, 1.82) is 0 Å². The Labute approximate surface area is 130 Å². The number of rotatable bonds is 9. The van der Waals surface area contributed by atoms with Gasteiger partial charge in [-0.3, -0.25) is 4.79 Å². The highest BCUT2D eigenvalue weighted by Crippen LogP contribution is 2.23. The first-order valence-electron chi connectivity index (χ1n) is 7.60. The maximum atomic E-state index is 11.2. The number of carbonyl (C=O) groups is 1. The maximum Gasteiger partial charge on any atom is 0.207 e. The number of carbonyl (C=O) groups excluding carboxylic acids is 1. The van der Waals surface area contributed by atoms with Crippen LogP contribution in [0.15, 0.2) is 0 Å². The van der Waals surface area contributed by atoms with Gasteiger partial charge in [-0.15, -0.1) is 0 Å². The molecule has 1 saturated heterocycles. The summed E-state index contributed by atoms with van der Waals surface area (Å²) in [6.07, 6.45) is -1.85. The van der Waals surface area contributed by atoms with E-state index in [1.807, 2.05) is 0 Å². The van der Waals surface area contributed by atoms with Crippen LogP contribution in [0.4, 0.5) is 0 Å². The van der Waals surface area contributed by atoms with Gasteiger partial charge in [0.05, 0.1) is 19.2 Å². The fraction of sp³-hybridized carbons (Fsp3) is 0.929. The third-order valence-corrected chi connectivity index (χ3v) is 4.00. The summed E-state index contributed by atoms with van der Waals surface area (Å²) in [6, 6.07) is -0.135. The second-order valence-electron chi connectivity index (χ2n) is 5.78. The van der Waals surface area contributed by atoms with Gasteiger partial charge in [-0.1, -0.05) is 6.42 Å². The third-order valence-electron chi connectivity index (χ3n) is 4.00. The molecule has 0 aromatic heterocycles. The first kappa shape index (κ1) is 19.4. The first-order valence-corrected chi connectivity index (χ1v) is 7.60. The Bertz CT molecular complexity index is 356. The molecule has 0 bridgehead atoms. The Balaban J connectivity index is 2.22. The van der Waals surface area contributed by atoms with Gasteiger partial charge in [0.25, 0.3) is 0 Å². The van der Waals surface area contributed by atoms with E-state index in [4.69, 9.17) is 4.74 Å². The van der Waals surface area contributed by atoms with E-state index in [0.717, 1.165) is 19.3 Å². The van der Waals surface area contributed by atoms with Crippen LogP contribution in [0.2, 0.25) is 0 Å². The smallest absolute Gasteiger partial charge is 0.207 e. The van der Waals surface area contributed by atoms with E-state index in [-0.39, 0.29) is 25.0 Å². The molecular formula is C14H28N2O6. The van der Waals surface area contributed by atoms with Crippen LogP contribution in [0, 0.1) is 0 Å². The molecule has 0 radical (unpaired) electrons. The van der Waals surface area contributed by atoms with Gasteiger partial charge in [-0.25, -0.2) is 0 Å². The zero-order chi connectivity index (χ0) is 16.8. The van der Waals surface area contributed by atoms with Gasteiger partial charge in [0.15, 0.2) is 0 Å². The van der Waals surface area contributed by atoms with E-state index in [0.29, 0.717) is 6.54 Å². The summed E-state index contributed by atoms with van der Waals surface area (Å²) in [6.45, 7) is 1.83. The molecule has 1 aliphatic heterocycles. The van der Waals surface area contributed by atoms with E-state index < -0.39 is 24.1 Å². The van der Waals surface area contributed by atoms with Gasteiger partial charge < -0.3 is 35.8 Å². The van der Waals surface area contributed by atoms with Gasteiger partial charge in [0.1, 0.15) is 24.1 Å². The summed E-state index contributed by atoms with van der Waals surface area (Å²) >= 11 is 0. The van der Waals surface area contributed by atoms with Crippen LogP contribution in [0.3, 0.4) is 0 Å². The average molecular weight is 320 g/mol. The number of likely N-dealkylation sites (N-methyl/N-ethyl adjacent to an activating group) is 1. The zero-order valence-corrected chi connectivity index (χ0v) is 13.2. The molecule has 1 aliphatic rings. The molecule has 0 saturated carbocycles. The van der Waals surface area contributed by atoms with Crippen LogP contribution in [0.5, 0.6) is 0 Å². The Hall–Kier alpha value is -0.610. The summed E-state index contributed by atoms with van der Waals surface area (Å²) in [5.74, 6) is -1.80. The van der Waals surface area contributed by atoms with Crippen molar-refractivity contribution in [3.63, 3.8) is 0 Å². The summed E-state index contributed by atoms with van der Waals surface area (Å²) in [7, 11) is 1.75. The van der Waals surface area contributed by atoms with Crippen molar-refractivity contribution in [2.45, 2.75) is 56.3 Å². The lowest BCUT2D eigenvalue weighted by Crippen LogP contribution is -2.64. The summed E-state index contributed by atoms with van der Waals surface area (Å²) in [5, 5.41) is 44.7. The Morgan fingerprint density at radius 2 is 2.05 bits per heavy atom. The van der Waals surface area contributed by atoms with Crippen molar-refractivity contribution in [2.24, 2.45) is 0 Å². The lowest BCUT2D eigenvalue weighted by Gasteiger charge is -2.41. The highest BCUT2D eigenvalue weighted by Gasteiger charge is 2.47. The molecule has 6 N–H and O–H groups in total. The highest BCUT2D eigenvalue weighted by molar-refractivity contribution is 5.81.